The fourth-order valence-electron chi connectivity index (χ4n) is 2.90. The number of likely N-dealkylation sites (N-methyl/N-ethyl adjacent to an activating group) is 1. The standard InChI is InChI=1S/C21H27F3N4O2S/c1-5-27(6-2)11-12-28(13-18(29)26-20-25-14(3)15(4)31-20)19(30)16-7-9-17(10-8-16)21(22,23)24/h7-10H,5-6,11-13H2,1-4H3,(H,25,26,29). The highest BCUT2D eigenvalue weighted by Crippen LogP contribution is 2.29. The van der Waals surface area contributed by atoms with Crippen LogP contribution in [-0.2, 0) is 11.0 Å². The molecule has 10 heteroatoms. The lowest BCUT2D eigenvalue weighted by molar-refractivity contribution is -0.137. The van der Waals surface area contributed by atoms with Crippen LogP contribution in [0.4, 0.5) is 18.3 Å². The summed E-state index contributed by atoms with van der Waals surface area (Å²) in [7, 11) is 0. The highest BCUT2D eigenvalue weighted by Gasteiger charge is 2.30. The average molecular weight is 457 g/mol. The zero-order valence-corrected chi connectivity index (χ0v) is 18.9. The number of halogens is 3. The number of nitrogens with zero attached hydrogens (tertiary/aromatic N) is 3. The Hall–Kier alpha value is -2.46. The number of benzene rings is 1. The number of carbonyl (C=O) groups excluding carboxylic acids is 2. The van der Waals surface area contributed by atoms with Gasteiger partial charge in [-0.1, -0.05) is 13.8 Å². The maximum Gasteiger partial charge on any atom is 0.416 e. The molecule has 0 unspecified atom stereocenters. The SMILES string of the molecule is CCN(CC)CCN(CC(=O)Nc1nc(C)c(C)s1)C(=O)c1ccc(C(F)(F)F)cc1. The molecular formula is C21H27F3N4O2S. The van der Waals surface area contributed by atoms with E-state index in [0.717, 1.165) is 47.9 Å². The van der Waals surface area contributed by atoms with Crippen LogP contribution >= 0.6 is 11.3 Å². The number of aromatic nitrogens is 1. The third-order valence-corrected chi connectivity index (χ3v) is 5.92. The van der Waals surface area contributed by atoms with Gasteiger partial charge in [-0.15, -0.1) is 11.3 Å². The van der Waals surface area contributed by atoms with Gasteiger partial charge < -0.3 is 15.1 Å². The van der Waals surface area contributed by atoms with Crippen LogP contribution in [0.25, 0.3) is 0 Å². The fourth-order valence-corrected chi connectivity index (χ4v) is 3.73. The van der Waals surface area contributed by atoms with Gasteiger partial charge in [-0.05, 0) is 51.2 Å². The first kappa shape index (κ1) is 24.8. The van der Waals surface area contributed by atoms with Crippen LogP contribution in [0.1, 0.15) is 40.3 Å². The number of rotatable bonds is 9. The largest absolute Gasteiger partial charge is 0.416 e. The van der Waals surface area contributed by atoms with Crippen molar-refractivity contribution in [3.8, 4) is 0 Å². The minimum Gasteiger partial charge on any atom is -0.328 e. The molecule has 1 aromatic carbocycles. The number of thiazole rings is 1. The fraction of sp³-hybridized carbons (Fsp3) is 0.476. The van der Waals surface area contributed by atoms with E-state index in [1.165, 1.54) is 16.2 Å². The van der Waals surface area contributed by atoms with E-state index in [2.05, 4.69) is 15.2 Å². The number of nitrogens with one attached hydrogen (secondary N) is 1. The van der Waals surface area contributed by atoms with Crippen molar-refractivity contribution in [2.45, 2.75) is 33.9 Å². The minimum atomic E-state index is -4.48. The second-order valence-electron chi connectivity index (χ2n) is 7.04. The predicted molar refractivity (Wildman–Crippen MR) is 115 cm³/mol. The van der Waals surface area contributed by atoms with Gasteiger partial charge in [-0.3, -0.25) is 9.59 Å². The summed E-state index contributed by atoms with van der Waals surface area (Å²) < 4.78 is 38.5. The summed E-state index contributed by atoms with van der Waals surface area (Å²) in [6.45, 7) is 9.87. The normalized spacial score (nSPS) is 11.6. The van der Waals surface area contributed by atoms with Gasteiger partial charge in [0.15, 0.2) is 5.13 Å². The summed E-state index contributed by atoms with van der Waals surface area (Å²) in [5.41, 5.74) is 0.0896. The summed E-state index contributed by atoms with van der Waals surface area (Å²) in [5.74, 6) is -0.906. The minimum absolute atomic E-state index is 0.0984. The number of hydrogen-bond acceptors (Lipinski definition) is 5. The Balaban J connectivity index is 2.16. The van der Waals surface area contributed by atoms with Crippen molar-refractivity contribution in [1.29, 1.82) is 0 Å². The number of amides is 2. The molecule has 0 radical (unpaired) electrons. The molecule has 1 heterocycles. The number of carbonyl (C=O) groups is 2. The van der Waals surface area contributed by atoms with Gasteiger partial charge in [0.1, 0.15) is 6.54 Å². The zero-order valence-electron chi connectivity index (χ0n) is 18.0. The number of hydrogen-bond donors (Lipinski definition) is 1. The van der Waals surface area contributed by atoms with E-state index in [1.54, 1.807) is 0 Å². The van der Waals surface area contributed by atoms with Gasteiger partial charge in [0.05, 0.1) is 11.3 Å². The van der Waals surface area contributed by atoms with E-state index in [9.17, 15) is 22.8 Å². The van der Waals surface area contributed by atoms with Crippen molar-refractivity contribution < 1.29 is 22.8 Å². The third kappa shape index (κ3) is 7.03. The van der Waals surface area contributed by atoms with Crippen LogP contribution in [0.2, 0.25) is 0 Å². The van der Waals surface area contributed by atoms with Crippen LogP contribution < -0.4 is 5.32 Å². The first-order valence-electron chi connectivity index (χ1n) is 9.97. The molecular weight excluding hydrogens is 429 g/mol. The molecule has 0 aliphatic rings. The molecule has 2 amide bonds. The Labute approximate surface area is 184 Å². The Morgan fingerprint density at radius 3 is 2.16 bits per heavy atom. The molecule has 6 nitrogen and oxygen atoms in total. The highest BCUT2D eigenvalue weighted by molar-refractivity contribution is 7.15. The molecule has 2 rings (SSSR count). The lowest BCUT2D eigenvalue weighted by atomic mass is 10.1. The molecule has 0 fully saturated rings. The summed E-state index contributed by atoms with van der Waals surface area (Å²) in [4.78, 5) is 34.2. The van der Waals surface area contributed by atoms with Gasteiger partial charge in [-0.2, -0.15) is 13.2 Å². The molecule has 0 atom stereocenters. The Morgan fingerprint density at radius 2 is 1.68 bits per heavy atom. The van der Waals surface area contributed by atoms with E-state index in [1.807, 2.05) is 27.7 Å². The molecule has 1 aromatic heterocycles. The van der Waals surface area contributed by atoms with Crippen LogP contribution in [0.3, 0.4) is 0 Å². The maximum atomic E-state index is 13.0. The number of aryl methyl sites for hydroxylation is 2. The van der Waals surface area contributed by atoms with Crippen molar-refractivity contribution in [2.24, 2.45) is 0 Å². The molecule has 0 spiro atoms. The first-order valence-corrected chi connectivity index (χ1v) is 10.8. The van der Waals surface area contributed by atoms with Gasteiger partial charge >= 0.3 is 6.18 Å². The van der Waals surface area contributed by atoms with E-state index >= 15 is 0 Å². The monoisotopic (exact) mass is 456 g/mol. The summed E-state index contributed by atoms with van der Waals surface area (Å²) >= 11 is 1.34. The smallest absolute Gasteiger partial charge is 0.328 e. The topological polar surface area (TPSA) is 65.5 Å². The van der Waals surface area contributed by atoms with Crippen molar-refractivity contribution in [3.05, 3.63) is 46.0 Å². The van der Waals surface area contributed by atoms with Gasteiger partial charge in [-0.25, -0.2) is 4.98 Å². The predicted octanol–water partition coefficient (Wildman–Crippen LogP) is 4.20. The Morgan fingerprint density at radius 1 is 1.06 bits per heavy atom. The van der Waals surface area contributed by atoms with Crippen molar-refractivity contribution in [3.63, 3.8) is 0 Å². The second-order valence-corrected chi connectivity index (χ2v) is 8.24. The number of anilines is 1. The molecule has 0 saturated heterocycles. The number of alkyl halides is 3. The molecule has 170 valence electrons. The molecule has 0 aliphatic heterocycles. The van der Waals surface area contributed by atoms with Gasteiger partial charge in [0, 0.05) is 23.5 Å². The lowest BCUT2D eigenvalue weighted by Gasteiger charge is -2.26. The zero-order chi connectivity index (χ0) is 23.2. The Kier molecular flexibility index (Phi) is 8.58. The van der Waals surface area contributed by atoms with Crippen molar-refractivity contribution >= 4 is 28.3 Å². The maximum absolute atomic E-state index is 13.0. The molecule has 0 aliphatic carbocycles. The van der Waals surface area contributed by atoms with Crippen LogP contribution in [0.5, 0.6) is 0 Å². The summed E-state index contributed by atoms with van der Waals surface area (Å²) in [6, 6.07) is 4.02. The lowest BCUT2D eigenvalue weighted by Crippen LogP contribution is -2.42. The van der Waals surface area contributed by atoms with E-state index in [-0.39, 0.29) is 18.7 Å². The van der Waals surface area contributed by atoms with Crippen LogP contribution in [0.15, 0.2) is 24.3 Å². The van der Waals surface area contributed by atoms with Crippen LogP contribution in [0, 0.1) is 13.8 Å². The van der Waals surface area contributed by atoms with E-state index in [4.69, 9.17) is 0 Å². The molecule has 2 aromatic rings. The third-order valence-electron chi connectivity index (χ3n) is 4.94. The molecule has 31 heavy (non-hydrogen) atoms. The summed E-state index contributed by atoms with van der Waals surface area (Å²) in [6.07, 6.45) is -4.48. The quantitative estimate of drug-likeness (QED) is 0.614. The molecule has 1 N–H and O–H groups in total. The van der Waals surface area contributed by atoms with Crippen molar-refractivity contribution in [2.75, 3.05) is 38.0 Å². The average Bonchev–Trinajstić information content (AvgIpc) is 3.03. The second kappa shape index (κ2) is 10.7. The van der Waals surface area contributed by atoms with E-state index < -0.39 is 23.6 Å². The summed E-state index contributed by atoms with van der Waals surface area (Å²) in [5, 5.41) is 3.15. The molecule has 0 saturated carbocycles. The molecule has 0 bridgehead atoms. The van der Waals surface area contributed by atoms with Crippen molar-refractivity contribution in [1.82, 2.24) is 14.8 Å². The van der Waals surface area contributed by atoms with Crippen LogP contribution in [-0.4, -0.2) is 59.3 Å². The van der Waals surface area contributed by atoms with Gasteiger partial charge in [0.2, 0.25) is 5.91 Å². The Bertz CT molecular complexity index is 874. The van der Waals surface area contributed by atoms with Gasteiger partial charge in [0.25, 0.3) is 5.91 Å². The van der Waals surface area contributed by atoms with E-state index in [0.29, 0.717) is 11.7 Å². The first-order chi connectivity index (χ1) is 14.5. The highest BCUT2D eigenvalue weighted by atomic mass is 32.1.